The molecule has 2 amide bonds. The SMILES string of the molecule is COCCN(C(=O)O)C1CCC(C(=O)N(C)c2nccnc2Cl)CC1. The molecule has 0 aliphatic heterocycles. The van der Waals surface area contributed by atoms with E-state index < -0.39 is 6.09 Å². The van der Waals surface area contributed by atoms with Gasteiger partial charge in [-0.2, -0.15) is 0 Å². The van der Waals surface area contributed by atoms with E-state index in [0.717, 1.165) is 0 Å². The average molecular weight is 371 g/mol. The van der Waals surface area contributed by atoms with Crippen molar-refractivity contribution in [3.63, 3.8) is 0 Å². The molecule has 1 aliphatic rings. The van der Waals surface area contributed by atoms with Crippen LogP contribution >= 0.6 is 11.6 Å². The van der Waals surface area contributed by atoms with Gasteiger partial charge in [0.1, 0.15) is 0 Å². The van der Waals surface area contributed by atoms with Crippen molar-refractivity contribution in [2.45, 2.75) is 31.7 Å². The zero-order chi connectivity index (χ0) is 18.4. The average Bonchev–Trinajstić information content (AvgIpc) is 2.61. The second kappa shape index (κ2) is 8.96. The molecule has 25 heavy (non-hydrogen) atoms. The van der Waals surface area contributed by atoms with E-state index in [2.05, 4.69) is 9.97 Å². The van der Waals surface area contributed by atoms with Gasteiger partial charge in [-0.1, -0.05) is 11.6 Å². The van der Waals surface area contributed by atoms with Gasteiger partial charge in [-0.15, -0.1) is 0 Å². The Bertz CT molecular complexity index is 608. The van der Waals surface area contributed by atoms with Gasteiger partial charge < -0.3 is 14.7 Å². The lowest BCUT2D eigenvalue weighted by Crippen LogP contribution is -2.45. The molecule has 1 aliphatic carbocycles. The van der Waals surface area contributed by atoms with Gasteiger partial charge in [0, 0.05) is 45.1 Å². The zero-order valence-corrected chi connectivity index (χ0v) is 15.1. The van der Waals surface area contributed by atoms with E-state index in [1.807, 2.05) is 0 Å². The predicted molar refractivity (Wildman–Crippen MR) is 92.8 cm³/mol. The fraction of sp³-hybridized carbons (Fsp3) is 0.625. The van der Waals surface area contributed by atoms with Crippen LogP contribution in [0.25, 0.3) is 0 Å². The molecular formula is C16H23ClN4O4. The van der Waals surface area contributed by atoms with Crippen molar-refractivity contribution in [1.29, 1.82) is 0 Å². The van der Waals surface area contributed by atoms with E-state index in [-0.39, 0.29) is 23.0 Å². The number of aromatic nitrogens is 2. The lowest BCUT2D eigenvalue weighted by Gasteiger charge is -2.35. The van der Waals surface area contributed by atoms with Crippen LogP contribution in [0.3, 0.4) is 0 Å². The molecule has 0 saturated heterocycles. The van der Waals surface area contributed by atoms with Crippen LogP contribution in [0.4, 0.5) is 10.6 Å². The molecule has 8 nitrogen and oxygen atoms in total. The quantitative estimate of drug-likeness (QED) is 0.825. The maximum absolute atomic E-state index is 12.7. The van der Waals surface area contributed by atoms with E-state index in [1.54, 1.807) is 14.2 Å². The maximum atomic E-state index is 12.7. The summed E-state index contributed by atoms with van der Waals surface area (Å²) in [5, 5.41) is 9.54. The molecule has 0 bridgehead atoms. The molecule has 0 atom stereocenters. The highest BCUT2D eigenvalue weighted by Crippen LogP contribution is 2.30. The molecule has 1 fully saturated rings. The van der Waals surface area contributed by atoms with Crippen LogP contribution in [-0.2, 0) is 9.53 Å². The Labute approximate surface area is 151 Å². The molecule has 1 heterocycles. The summed E-state index contributed by atoms with van der Waals surface area (Å²) in [7, 11) is 3.18. The second-order valence-electron chi connectivity index (χ2n) is 6.04. The van der Waals surface area contributed by atoms with Gasteiger partial charge in [0.25, 0.3) is 0 Å². The summed E-state index contributed by atoms with van der Waals surface area (Å²) >= 11 is 6.00. The van der Waals surface area contributed by atoms with Gasteiger partial charge in [0.15, 0.2) is 11.0 Å². The molecule has 138 valence electrons. The lowest BCUT2D eigenvalue weighted by molar-refractivity contribution is -0.123. The van der Waals surface area contributed by atoms with Gasteiger partial charge in [0.2, 0.25) is 5.91 Å². The van der Waals surface area contributed by atoms with Crippen LogP contribution in [0, 0.1) is 5.92 Å². The fourth-order valence-corrected chi connectivity index (χ4v) is 3.41. The minimum atomic E-state index is -0.949. The molecule has 2 rings (SSSR count). The Morgan fingerprint density at radius 2 is 1.92 bits per heavy atom. The molecule has 0 unspecified atom stereocenters. The van der Waals surface area contributed by atoms with Crippen molar-refractivity contribution in [3.8, 4) is 0 Å². The third kappa shape index (κ3) is 4.79. The molecule has 1 aromatic heterocycles. The number of hydrogen-bond donors (Lipinski definition) is 1. The third-order valence-electron chi connectivity index (χ3n) is 4.55. The molecular weight excluding hydrogens is 348 g/mol. The highest BCUT2D eigenvalue weighted by Gasteiger charge is 2.33. The van der Waals surface area contributed by atoms with Crippen molar-refractivity contribution in [1.82, 2.24) is 14.9 Å². The minimum Gasteiger partial charge on any atom is -0.465 e. The highest BCUT2D eigenvalue weighted by molar-refractivity contribution is 6.32. The monoisotopic (exact) mass is 370 g/mol. The van der Waals surface area contributed by atoms with Crippen molar-refractivity contribution < 1.29 is 19.4 Å². The van der Waals surface area contributed by atoms with Gasteiger partial charge in [0.05, 0.1) is 6.61 Å². The number of carbonyl (C=O) groups is 2. The number of hydrogen-bond acceptors (Lipinski definition) is 5. The molecule has 0 spiro atoms. The van der Waals surface area contributed by atoms with Crippen LogP contribution in [0.15, 0.2) is 12.4 Å². The van der Waals surface area contributed by atoms with Crippen molar-refractivity contribution >= 4 is 29.4 Å². The summed E-state index contributed by atoms with van der Waals surface area (Å²) in [5.74, 6) is 0.0977. The number of rotatable bonds is 6. The Balaban J connectivity index is 1.95. The van der Waals surface area contributed by atoms with Gasteiger partial charge >= 0.3 is 6.09 Å². The highest BCUT2D eigenvalue weighted by atomic mass is 35.5. The van der Waals surface area contributed by atoms with Crippen molar-refractivity contribution in [2.24, 2.45) is 5.92 Å². The van der Waals surface area contributed by atoms with E-state index in [0.29, 0.717) is 44.7 Å². The summed E-state index contributed by atoms with van der Waals surface area (Å²) in [6.45, 7) is 0.698. The number of carboxylic acid groups (broad SMARTS) is 1. The molecule has 0 radical (unpaired) electrons. The van der Waals surface area contributed by atoms with Gasteiger partial charge in [-0.05, 0) is 25.7 Å². The van der Waals surface area contributed by atoms with Crippen molar-refractivity contribution in [2.75, 3.05) is 32.2 Å². The van der Waals surface area contributed by atoms with Crippen molar-refractivity contribution in [3.05, 3.63) is 17.5 Å². The summed E-state index contributed by atoms with van der Waals surface area (Å²) in [5.41, 5.74) is 0. The van der Waals surface area contributed by atoms with Crippen LogP contribution in [0.1, 0.15) is 25.7 Å². The summed E-state index contributed by atoms with van der Waals surface area (Å²) in [4.78, 5) is 35.0. The van der Waals surface area contributed by atoms with Crippen LogP contribution < -0.4 is 4.90 Å². The normalized spacial score (nSPS) is 20.1. The Morgan fingerprint density at radius 1 is 1.28 bits per heavy atom. The number of carbonyl (C=O) groups excluding carboxylic acids is 1. The number of anilines is 1. The smallest absolute Gasteiger partial charge is 0.407 e. The summed E-state index contributed by atoms with van der Waals surface area (Å²) in [6.07, 6.45) is 4.56. The van der Waals surface area contributed by atoms with Gasteiger partial charge in [-0.25, -0.2) is 14.8 Å². The van der Waals surface area contributed by atoms with E-state index in [4.69, 9.17) is 16.3 Å². The number of methoxy groups -OCH3 is 1. The lowest BCUT2D eigenvalue weighted by atomic mass is 9.84. The maximum Gasteiger partial charge on any atom is 0.407 e. The van der Waals surface area contributed by atoms with E-state index >= 15 is 0 Å². The summed E-state index contributed by atoms with van der Waals surface area (Å²) < 4.78 is 4.97. The second-order valence-corrected chi connectivity index (χ2v) is 6.40. The first-order valence-electron chi connectivity index (χ1n) is 8.18. The first kappa shape index (κ1) is 19.4. The minimum absolute atomic E-state index is 0.0698. The Kier molecular flexibility index (Phi) is 6.95. The molecule has 1 N–H and O–H groups in total. The van der Waals surface area contributed by atoms with Crippen LogP contribution in [0.2, 0.25) is 5.15 Å². The topological polar surface area (TPSA) is 95.9 Å². The van der Waals surface area contributed by atoms with Gasteiger partial charge in [-0.3, -0.25) is 9.69 Å². The standard InChI is InChI=1S/C16H23ClN4O4/c1-20(14-13(17)18-7-8-19-14)15(22)11-3-5-12(6-4-11)21(16(23)24)9-10-25-2/h7-8,11-12H,3-6,9-10H2,1-2H3,(H,23,24). The molecule has 1 saturated carbocycles. The third-order valence-corrected chi connectivity index (χ3v) is 4.82. The number of amides is 2. The van der Waals surface area contributed by atoms with Crippen LogP contribution in [0.5, 0.6) is 0 Å². The predicted octanol–water partition coefficient (Wildman–Crippen LogP) is 2.28. The summed E-state index contributed by atoms with van der Waals surface area (Å²) in [6, 6.07) is -0.0814. The Morgan fingerprint density at radius 3 is 2.48 bits per heavy atom. The molecule has 9 heteroatoms. The number of ether oxygens (including phenoxy) is 1. The first-order chi connectivity index (χ1) is 12.0. The number of halogens is 1. The first-order valence-corrected chi connectivity index (χ1v) is 8.56. The van der Waals surface area contributed by atoms with E-state index in [1.165, 1.54) is 22.2 Å². The fourth-order valence-electron chi connectivity index (χ4n) is 3.18. The number of nitrogens with zero attached hydrogens (tertiary/aromatic N) is 4. The Hall–Kier alpha value is -1.93. The molecule has 0 aromatic carbocycles. The largest absolute Gasteiger partial charge is 0.465 e. The molecule has 1 aromatic rings. The zero-order valence-electron chi connectivity index (χ0n) is 14.4. The van der Waals surface area contributed by atoms with E-state index in [9.17, 15) is 14.7 Å². The van der Waals surface area contributed by atoms with Crippen LogP contribution in [-0.4, -0.2) is 65.3 Å².